The second kappa shape index (κ2) is 2.81. The first-order valence-corrected chi connectivity index (χ1v) is 2.48. The van der Waals surface area contributed by atoms with Gasteiger partial charge < -0.3 is 4.74 Å². The fraction of sp³-hybridized carbons (Fsp3) is 0. The summed E-state index contributed by atoms with van der Waals surface area (Å²) in [7, 11) is 0. The van der Waals surface area contributed by atoms with Crippen LogP contribution in [0.25, 0.3) is 0 Å². The molecule has 9 heavy (non-hydrogen) atoms. The molecular formula is C6H6N2O. The van der Waals surface area contributed by atoms with Crippen LogP contribution in [0.1, 0.15) is 0 Å². The summed E-state index contributed by atoms with van der Waals surface area (Å²) in [6.45, 7) is 3.35. The maximum absolute atomic E-state index is 4.75. The molecule has 0 saturated carbocycles. The highest BCUT2D eigenvalue weighted by Gasteiger charge is 1.86. The molecule has 0 spiro atoms. The zero-order valence-corrected chi connectivity index (χ0v) is 4.82. The van der Waals surface area contributed by atoms with Crippen molar-refractivity contribution in [3.63, 3.8) is 0 Å². The molecule has 0 radical (unpaired) electrons. The molecule has 0 unspecified atom stereocenters. The van der Waals surface area contributed by atoms with Crippen molar-refractivity contribution in [3.8, 4) is 6.01 Å². The van der Waals surface area contributed by atoms with Crippen molar-refractivity contribution in [3.05, 3.63) is 31.3 Å². The Labute approximate surface area is 53.0 Å². The first kappa shape index (κ1) is 5.75. The lowest BCUT2D eigenvalue weighted by Gasteiger charge is -1.91. The van der Waals surface area contributed by atoms with E-state index < -0.39 is 0 Å². The molecule has 0 bridgehead atoms. The number of hydrogen-bond acceptors (Lipinski definition) is 3. The van der Waals surface area contributed by atoms with Crippen LogP contribution in [0.3, 0.4) is 0 Å². The molecule has 3 heteroatoms. The summed E-state index contributed by atoms with van der Waals surface area (Å²) in [6, 6.07) is 2.04. The lowest BCUT2D eigenvalue weighted by atomic mass is 10.7. The number of hydrogen-bond donors (Lipinski definition) is 0. The lowest BCUT2D eigenvalue weighted by Crippen LogP contribution is -1.86. The van der Waals surface area contributed by atoms with Crippen LogP contribution in [-0.2, 0) is 0 Å². The molecule has 1 heterocycles. The predicted octanol–water partition coefficient (Wildman–Crippen LogP) is 0.999. The Morgan fingerprint density at radius 2 is 2.11 bits per heavy atom. The Kier molecular flexibility index (Phi) is 1.80. The quantitative estimate of drug-likeness (QED) is 0.549. The maximum Gasteiger partial charge on any atom is 0.321 e. The van der Waals surface area contributed by atoms with Gasteiger partial charge in [-0.3, -0.25) is 0 Å². The second-order valence-electron chi connectivity index (χ2n) is 1.32. The van der Waals surface area contributed by atoms with E-state index in [1.54, 1.807) is 18.5 Å². The molecule has 1 aromatic heterocycles. The number of nitrogens with zero attached hydrogens (tertiary/aromatic N) is 2. The smallest absolute Gasteiger partial charge is 0.321 e. The summed E-state index contributed by atoms with van der Waals surface area (Å²) >= 11 is 0. The van der Waals surface area contributed by atoms with Gasteiger partial charge in [0.1, 0.15) is 0 Å². The van der Waals surface area contributed by atoms with E-state index in [4.69, 9.17) is 4.74 Å². The van der Waals surface area contributed by atoms with Crippen molar-refractivity contribution in [2.24, 2.45) is 0 Å². The Bertz CT molecular complexity index is 186. The second-order valence-corrected chi connectivity index (χ2v) is 1.32. The predicted molar refractivity (Wildman–Crippen MR) is 32.9 cm³/mol. The molecule has 0 aliphatic carbocycles. The Balaban J connectivity index is 2.72. The minimum absolute atomic E-state index is 0.326. The Morgan fingerprint density at radius 1 is 1.44 bits per heavy atom. The van der Waals surface area contributed by atoms with Gasteiger partial charge in [-0.05, 0) is 6.07 Å². The molecule has 0 fully saturated rings. The zero-order chi connectivity index (χ0) is 6.53. The molecule has 1 rings (SSSR count). The fourth-order valence-corrected chi connectivity index (χ4v) is 0.421. The standard InChI is InChI=1S/C6H6N2O/c1-2-9-6-7-4-3-5-8-6/h2-5H,1H2. The van der Waals surface area contributed by atoms with Gasteiger partial charge in [0.05, 0.1) is 6.26 Å². The summed E-state index contributed by atoms with van der Waals surface area (Å²) < 4.78 is 4.75. The molecule has 46 valence electrons. The summed E-state index contributed by atoms with van der Waals surface area (Å²) in [5, 5.41) is 0. The first-order valence-electron chi connectivity index (χ1n) is 2.48. The van der Waals surface area contributed by atoms with E-state index in [9.17, 15) is 0 Å². The van der Waals surface area contributed by atoms with E-state index in [0.29, 0.717) is 6.01 Å². The van der Waals surface area contributed by atoms with Crippen LogP contribution in [-0.4, -0.2) is 9.97 Å². The summed E-state index contributed by atoms with van der Waals surface area (Å²) in [5.41, 5.74) is 0. The third-order valence-corrected chi connectivity index (χ3v) is 0.731. The molecule has 0 aliphatic rings. The molecule has 3 nitrogen and oxygen atoms in total. The average molecular weight is 122 g/mol. The highest BCUT2D eigenvalue weighted by molar-refractivity contribution is 4.94. The van der Waals surface area contributed by atoms with Crippen molar-refractivity contribution in [1.82, 2.24) is 9.97 Å². The van der Waals surface area contributed by atoms with Gasteiger partial charge in [0.25, 0.3) is 0 Å². The Hall–Kier alpha value is -1.38. The third kappa shape index (κ3) is 1.53. The molecule has 0 atom stereocenters. The highest BCUT2D eigenvalue weighted by atomic mass is 16.5. The fourth-order valence-electron chi connectivity index (χ4n) is 0.421. The monoisotopic (exact) mass is 122 g/mol. The van der Waals surface area contributed by atoms with Crippen molar-refractivity contribution in [2.75, 3.05) is 0 Å². The largest absolute Gasteiger partial charge is 0.433 e. The Morgan fingerprint density at radius 3 is 2.67 bits per heavy atom. The van der Waals surface area contributed by atoms with Crippen LogP contribution in [0.2, 0.25) is 0 Å². The molecule has 0 aliphatic heterocycles. The van der Waals surface area contributed by atoms with Gasteiger partial charge in [0, 0.05) is 12.4 Å². The van der Waals surface area contributed by atoms with Crippen LogP contribution in [0.15, 0.2) is 31.3 Å². The first-order chi connectivity index (χ1) is 4.43. The van der Waals surface area contributed by atoms with Crippen molar-refractivity contribution < 1.29 is 4.74 Å². The van der Waals surface area contributed by atoms with E-state index >= 15 is 0 Å². The van der Waals surface area contributed by atoms with E-state index in [1.165, 1.54) is 6.26 Å². The molecule has 0 aromatic carbocycles. The van der Waals surface area contributed by atoms with Crippen LogP contribution >= 0.6 is 0 Å². The highest BCUT2D eigenvalue weighted by Crippen LogP contribution is 1.95. The number of aromatic nitrogens is 2. The normalized spacial score (nSPS) is 8.44. The average Bonchev–Trinajstić information content (AvgIpc) is 1.91. The lowest BCUT2D eigenvalue weighted by molar-refractivity contribution is 0.442. The van der Waals surface area contributed by atoms with Gasteiger partial charge in [0.2, 0.25) is 0 Å². The molecule has 0 saturated heterocycles. The molecule has 1 aromatic rings. The van der Waals surface area contributed by atoms with E-state index in [1.807, 2.05) is 0 Å². The minimum Gasteiger partial charge on any atom is -0.433 e. The topological polar surface area (TPSA) is 35.0 Å². The SMILES string of the molecule is C=COc1ncccn1. The number of ether oxygens (including phenoxy) is 1. The maximum atomic E-state index is 4.75. The molecular weight excluding hydrogens is 116 g/mol. The van der Waals surface area contributed by atoms with Gasteiger partial charge in [-0.1, -0.05) is 6.58 Å². The summed E-state index contributed by atoms with van der Waals surface area (Å²) in [4.78, 5) is 7.53. The van der Waals surface area contributed by atoms with Crippen LogP contribution in [0.4, 0.5) is 0 Å². The van der Waals surface area contributed by atoms with Gasteiger partial charge in [0.15, 0.2) is 0 Å². The van der Waals surface area contributed by atoms with Crippen LogP contribution in [0.5, 0.6) is 6.01 Å². The van der Waals surface area contributed by atoms with Crippen molar-refractivity contribution in [1.29, 1.82) is 0 Å². The van der Waals surface area contributed by atoms with Gasteiger partial charge in [-0.2, -0.15) is 0 Å². The van der Waals surface area contributed by atoms with Gasteiger partial charge in [-0.15, -0.1) is 0 Å². The van der Waals surface area contributed by atoms with E-state index in [0.717, 1.165) is 0 Å². The molecule has 0 amide bonds. The number of rotatable bonds is 2. The van der Waals surface area contributed by atoms with E-state index in [2.05, 4.69) is 16.5 Å². The van der Waals surface area contributed by atoms with Crippen LogP contribution < -0.4 is 4.74 Å². The minimum atomic E-state index is 0.326. The van der Waals surface area contributed by atoms with Crippen molar-refractivity contribution >= 4 is 0 Å². The summed E-state index contributed by atoms with van der Waals surface area (Å²) in [6.07, 6.45) is 4.49. The zero-order valence-electron chi connectivity index (χ0n) is 4.82. The third-order valence-electron chi connectivity index (χ3n) is 0.731. The van der Waals surface area contributed by atoms with Crippen LogP contribution in [0, 0.1) is 0 Å². The van der Waals surface area contributed by atoms with Crippen molar-refractivity contribution in [2.45, 2.75) is 0 Å². The summed E-state index contributed by atoms with van der Waals surface area (Å²) in [5.74, 6) is 0. The van der Waals surface area contributed by atoms with Gasteiger partial charge >= 0.3 is 6.01 Å². The van der Waals surface area contributed by atoms with E-state index in [-0.39, 0.29) is 0 Å². The molecule has 0 N–H and O–H groups in total. The van der Waals surface area contributed by atoms with Gasteiger partial charge in [-0.25, -0.2) is 9.97 Å².